The average molecular weight is 288 g/mol. The van der Waals surface area contributed by atoms with E-state index in [9.17, 15) is 0 Å². The molecule has 0 atom stereocenters. The van der Waals surface area contributed by atoms with Crippen molar-refractivity contribution in [1.29, 1.82) is 0 Å². The summed E-state index contributed by atoms with van der Waals surface area (Å²) in [4.78, 5) is 4.40. The van der Waals surface area contributed by atoms with Crippen molar-refractivity contribution in [2.24, 2.45) is 0 Å². The summed E-state index contributed by atoms with van der Waals surface area (Å²) in [5.41, 5.74) is 1.51. The van der Waals surface area contributed by atoms with E-state index in [1.165, 1.54) is 31.2 Å². The number of rotatable bonds is 0. The van der Waals surface area contributed by atoms with E-state index in [-0.39, 0.29) is 5.41 Å². The van der Waals surface area contributed by atoms with Crippen molar-refractivity contribution in [2.45, 2.75) is 31.1 Å². The SMILES string of the molecule is Clc1c(Br)cnc2c1C1(CCCC1)CN2. The van der Waals surface area contributed by atoms with Crippen molar-refractivity contribution < 1.29 is 0 Å². The van der Waals surface area contributed by atoms with E-state index in [4.69, 9.17) is 11.6 Å². The summed E-state index contributed by atoms with van der Waals surface area (Å²) in [5, 5.41) is 4.24. The summed E-state index contributed by atoms with van der Waals surface area (Å²) >= 11 is 9.84. The maximum absolute atomic E-state index is 6.38. The van der Waals surface area contributed by atoms with E-state index in [0.29, 0.717) is 0 Å². The van der Waals surface area contributed by atoms with Crippen LogP contribution in [0.15, 0.2) is 10.7 Å². The van der Waals surface area contributed by atoms with E-state index in [0.717, 1.165) is 21.9 Å². The van der Waals surface area contributed by atoms with Crippen LogP contribution in [0.2, 0.25) is 5.02 Å². The molecular formula is C11H12BrClN2. The number of halogens is 2. The molecule has 2 nitrogen and oxygen atoms in total. The quantitative estimate of drug-likeness (QED) is 0.786. The fourth-order valence-corrected chi connectivity index (χ4v) is 3.54. The number of nitrogens with one attached hydrogen (secondary N) is 1. The third-order valence-corrected chi connectivity index (χ3v) is 4.88. The normalized spacial score (nSPS) is 21.7. The van der Waals surface area contributed by atoms with Crippen LogP contribution in [-0.2, 0) is 5.41 Å². The lowest BCUT2D eigenvalue weighted by atomic mass is 9.81. The van der Waals surface area contributed by atoms with Crippen LogP contribution in [0.25, 0.3) is 0 Å². The monoisotopic (exact) mass is 286 g/mol. The zero-order valence-corrected chi connectivity index (χ0v) is 10.7. The lowest BCUT2D eigenvalue weighted by Gasteiger charge is -2.23. The molecule has 4 heteroatoms. The van der Waals surface area contributed by atoms with Crippen LogP contribution in [0.5, 0.6) is 0 Å². The largest absolute Gasteiger partial charge is 0.369 e. The number of hydrogen-bond acceptors (Lipinski definition) is 2. The Morgan fingerprint density at radius 2 is 2.13 bits per heavy atom. The van der Waals surface area contributed by atoms with Gasteiger partial charge >= 0.3 is 0 Å². The first-order valence-electron chi connectivity index (χ1n) is 5.31. The maximum Gasteiger partial charge on any atom is 0.131 e. The van der Waals surface area contributed by atoms with Crippen molar-refractivity contribution in [3.8, 4) is 0 Å². The van der Waals surface area contributed by atoms with Gasteiger partial charge in [-0.05, 0) is 28.8 Å². The first-order chi connectivity index (χ1) is 7.23. The standard InChI is InChI=1S/C11H12BrClN2/c12-7-5-14-10-8(9(7)13)11(6-15-10)3-1-2-4-11/h5H,1-4,6H2,(H,14,15). The molecule has 80 valence electrons. The minimum Gasteiger partial charge on any atom is -0.369 e. The van der Waals surface area contributed by atoms with Gasteiger partial charge in [0, 0.05) is 23.7 Å². The summed E-state index contributed by atoms with van der Waals surface area (Å²) in [5.74, 6) is 0.991. The number of hydrogen-bond donors (Lipinski definition) is 1. The Morgan fingerprint density at radius 1 is 1.40 bits per heavy atom. The molecular weight excluding hydrogens is 275 g/mol. The van der Waals surface area contributed by atoms with Gasteiger partial charge in [-0.2, -0.15) is 0 Å². The molecule has 0 bridgehead atoms. The number of nitrogens with zero attached hydrogens (tertiary/aromatic N) is 1. The van der Waals surface area contributed by atoms with E-state index in [1.54, 1.807) is 6.20 Å². The van der Waals surface area contributed by atoms with Gasteiger partial charge in [-0.25, -0.2) is 4.98 Å². The molecule has 1 saturated carbocycles. The highest BCUT2D eigenvalue weighted by molar-refractivity contribution is 9.10. The van der Waals surface area contributed by atoms with Crippen molar-refractivity contribution in [3.63, 3.8) is 0 Å². The minimum absolute atomic E-state index is 0.267. The smallest absolute Gasteiger partial charge is 0.131 e. The molecule has 1 N–H and O–H groups in total. The van der Waals surface area contributed by atoms with Gasteiger partial charge in [0.2, 0.25) is 0 Å². The maximum atomic E-state index is 6.38. The predicted molar refractivity (Wildman–Crippen MR) is 65.6 cm³/mol. The summed E-state index contributed by atoms with van der Waals surface area (Å²) in [7, 11) is 0. The van der Waals surface area contributed by atoms with Crippen molar-refractivity contribution in [1.82, 2.24) is 4.98 Å². The first kappa shape index (κ1) is 9.91. The molecule has 3 rings (SSSR count). The third kappa shape index (κ3) is 1.32. The molecule has 0 aromatic carbocycles. The van der Waals surface area contributed by atoms with Crippen LogP contribution >= 0.6 is 27.5 Å². The molecule has 0 unspecified atom stereocenters. The van der Waals surface area contributed by atoms with Gasteiger partial charge in [0.05, 0.1) is 9.50 Å². The molecule has 0 amide bonds. The van der Waals surface area contributed by atoms with Gasteiger partial charge in [0.15, 0.2) is 0 Å². The van der Waals surface area contributed by atoms with E-state index >= 15 is 0 Å². The van der Waals surface area contributed by atoms with E-state index in [1.807, 2.05) is 0 Å². The molecule has 15 heavy (non-hydrogen) atoms. The zero-order valence-electron chi connectivity index (χ0n) is 8.32. The van der Waals surface area contributed by atoms with Crippen LogP contribution < -0.4 is 5.32 Å². The van der Waals surface area contributed by atoms with Gasteiger partial charge in [-0.1, -0.05) is 24.4 Å². The highest BCUT2D eigenvalue weighted by Crippen LogP contribution is 2.51. The fraction of sp³-hybridized carbons (Fsp3) is 0.545. The van der Waals surface area contributed by atoms with Gasteiger partial charge in [-0.15, -0.1) is 0 Å². The first-order valence-corrected chi connectivity index (χ1v) is 6.48. The molecule has 1 fully saturated rings. The van der Waals surface area contributed by atoms with Gasteiger partial charge < -0.3 is 5.32 Å². The zero-order chi connectivity index (χ0) is 10.5. The average Bonchev–Trinajstić information content (AvgIpc) is 2.83. The van der Waals surface area contributed by atoms with Crippen molar-refractivity contribution in [2.75, 3.05) is 11.9 Å². The second-order valence-electron chi connectivity index (χ2n) is 4.48. The summed E-state index contributed by atoms with van der Waals surface area (Å²) in [6.45, 7) is 1.01. The van der Waals surface area contributed by atoms with E-state index < -0.39 is 0 Å². The number of aromatic nitrogens is 1. The lowest BCUT2D eigenvalue weighted by molar-refractivity contribution is 0.489. The Hall–Kier alpha value is -0.280. The Morgan fingerprint density at radius 3 is 2.87 bits per heavy atom. The van der Waals surface area contributed by atoms with Crippen LogP contribution in [0, 0.1) is 0 Å². The number of anilines is 1. The Bertz CT molecular complexity index is 413. The molecule has 1 aliphatic carbocycles. The molecule has 2 aliphatic rings. The molecule has 1 aliphatic heterocycles. The molecule has 0 saturated heterocycles. The Kier molecular flexibility index (Phi) is 2.22. The van der Waals surface area contributed by atoms with Crippen LogP contribution in [-0.4, -0.2) is 11.5 Å². The highest BCUT2D eigenvalue weighted by atomic mass is 79.9. The third-order valence-electron chi connectivity index (χ3n) is 3.66. The summed E-state index contributed by atoms with van der Waals surface area (Å²) < 4.78 is 0.915. The molecule has 1 spiro atoms. The van der Waals surface area contributed by atoms with E-state index in [2.05, 4.69) is 26.2 Å². The summed E-state index contributed by atoms with van der Waals surface area (Å²) in [6.07, 6.45) is 6.88. The van der Waals surface area contributed by atoms with Crippen molar-refractivity contribution >= 4 is 33.3 Å². The highest BCUT2D eigenvalue weighted by Gasteiger charge is 2.43. The lowest BCUT2D eigenvalue weighted by Crippen LogP contribution is -2.24. The van der Waals surface area contributed by atoms with Crippen LogP contribution in [0.1, 0.15) is 31.2 Å². The fourth-order valence-electron chi connectivity index (χ4n) is 2.90. The van der Waals surface area contributed by atoms with Gasteiger partial charge in [0.25, 0.3) is 0 Å². The minimum atomic E-state index is 0.267. The molecule has 1 aromatic rings. The second kappa shape index (κ2) is 3.36. The molecule has 0 radical (unpaired) electrons. The molecule has 1 aromatic heterocycles. The van der Waals surface area contributed by atoms with Crippen LogP contribution in [0.3, 0.4) is 0 Å². The molecule has 2 heterocycles. The topological polar surface area (TPSA) is 24.9 Å². The number of fused-ring (bicyclic) bond motifs is 2. The van der Waals surface area contributed by atoms with Gasteiger partial charge in [0.1, 0.15) is 5.82 Å². The predicted octanol–water partition coefficient (Wildman–Crippen LogP) is 3.73. The van der Waals surface area contributed by atoms with Crippen molar-refractivity contribution in [3.05, 3.63) is 21.3 Å². The summed E-state index contributed by atoms with van der Waals surface area (Å²) in [6, 6.07) is 0. The van der Waals surface area contributed by atoms with Gasteiger partial charge in [-0.3, -0.25) is 0 Å². The Balaban J connectivity index is 2.19. The number of pyridine rings is 1. The van der Waals surface area contributed by atoms with Crippen LogP contribution in [0.4, 0.5) is 5.82 Å². The second-order valence-corrected chi connectivity index (χ2v) is 5.72. The Labute approximate surface area is 103 Å².